The van der Waals surface area contributed by atoms with Gasteiger partial charge in [-0.2, -0.15) is 5.10 Å². The van der Waals surface area contributed by atoms with Crippen molar-refractivity contribution in [2.45, 2.75) is 11.7 Å². The van der Waals surface area contributed by atoms with Crippen LogP contribution in [0, 0.1) is 10.1 Å². The molecule has 2 amide bonds. The summed E-state index contributed by atoms with van der Waals surface area (Å²) in [5.74, 6) is -0.147. The molecule has 1 aliphatic heterocycles. The Kier molecular flexibility index (Phi) is 6.42. The summed E-state index contributed by atoms with van der Waals surface area (Å²) in [5.41, 5.74) is 6.40. The predicted octanol–water partition coefficient (Wildman–Crippen LogP) is 2.32. The van der Waals surface area contributed by atoms with Gasteiger partial charge in [0.15, 0.2) is 5.17 Å². The van der Waals surface area contributed by atoms with Crippen molar-refractivity contribution in [2.75, 3.05) is 12.0 Å². The molecule has 2 aromatic rings. The van der Waals surface area contributed by atoms with E-state index < -0.39 is 16.1 Å². The van der Waals surface area contributed by atoms with Crippen molar-refractivity contribution in [3.63, 3.8) is 0 Å². The monoisotopic (exact) mass is 427 g/mol. The minimum Gasteiger partial charge on any atom is -0.497 e. The highest BCUT2D eigenvalue weighted by molar-refractivity contribution is 8.14. The molecular formula is C19H17N5O5S. The number of amides is 2. The van der Waals surface area contributed by atoms with Crippen LogP contribution in [-0.2, 0) is 9.59 Å². The summed E-state index contributed by atoms with van der Waals surface area (Å²) in [4.78, 5) is 36.5. The van der Waals surface area contributed by atoms with Crippen LogP contribution in [0.5, 0.6) is 5.75 Å². The number of benzene rings is 2. The van der Waals surface area contributed by atoms with Crippen LogP contribution in [0.4, 0.5) is 11.4 Å². The number of ether oxygens (including phenoxy) is 1. The number of hydrogen-bond acceptors (Lipinski definition) is 8. The molecule has 2 N–H and O–H groups in total. The number of para-hydroxylation sites is 1. The van der Waals surface area contributed by atoms with E-state index in [1.807, 2.05) is 0 Å². The zero-order chi connectivity index (χ0) is 21.7. The molecule has 154 valence electrons. The molecule has 0 saturated carbocycles. The maximum atomic E-state index is 12.7. The maximum Gasteiger partial charge on any atom is 0.278 e. The predicted molar refractivity (Wildman–Crippen MR) is 114 cm³/mol. The van der Waals surface area contributed by atoms with Crippen molar-refractivity contribution in [3.8, 4) is 5.75 Å². The van der Waals surface area contributed by atoms with Gasteiger partial charge in [-0.1, -0.05) is 23.9 Å². The number of nitrogens with two attached hydrogens (primary N) is 1. The van der Waals surface area contributed by atoms with E-state index in [0.717, 1.165) is 16.7 Å². The molecule has 1 unspecified atom stereocenters. The molecule has 0 aliphatic carbocycles. The zero-order valence-electron chi connectivity index (χ0n) is 15.8. The molecular weight excluding hydrogens is 410 g/mol. The number of nitro benzene ring substituents is 1. The Hall–Kier alpha value is -3.73. The van der Waals surface area contributed by atoms with Gasteiger partial charge in [0.1, 0.15) is 11.0 Å². The van der Waals surface area contributed by atoms with Crippen molar-refractivity contribution in [2.24, 2.45) is 15.9 Å². The molecule has 30 heavy (non-hydrogen) atoms. The Bertz CT molecular complexity index is 1040. The lowest BCUT2D eigenvalue weighted by Gasteiger charge is -2.15. The number of carbonyl (C=O) groups excluding carboxylic acids is 2. The Labute approximate surface area is 175 Å². The molecule has 0 aromatic heterocycles. The van der Waals surface area contributed by atoms with Gasteiger partial charge in [0.05, 0.1) is 29.5 Å². The number of anilines is 1. The molecule has 0 bridgehead atoms. The topological polar surface area (TPSA) is 140 Å². The highest BCUT2D eigenvalue weighted by Crippen LogP contribution is 2.30. The van der Waals surface area contributed by atoms with Crippen LogP contribution in [-0.4, -0.2) is 40.5 Å². The molecule has 2 aromatic carbocycles. The third-order valence-electron chi connectivity index (χ3n) is 4.19. The first-order chi connectivity index (χ1) is 14.4. The Morgan fingerprint density at radius 1 is 1.27 bits per heavy atom. The van der Waals surface area contributed by atoms with Crippen LogP contribution in [0.2, 0.25) is 0 Å². The van der Waals surface area contributed by atoms with E-state index in [1.54, 1.807) is 36.4 Å². The zero-order valence-corrected chi connectivity index (χ0v) is 16.6. The van der Waals surface area contributed by atoms with Gasteiger partial charge in [-0.15, -0.1) is 5.10 Å². The molecule has 11 heteroatoms. The van der Waals surface area contributed by atoms with E-state index in [-0.39, 0.29) is 28.7 Å². The second kappa shape index (κ2) is 9.18. The fourth-order valence-corrected chi connectivity index (χ4v) is 3.60. The average Bonchev–Trinajstić information content (AvgIpc) is 3.01. The summed E-state index contributed by atoms with van der Waals surface area (Å²) in [6.07, 6.45) is 1.18. The molecule has 1 saturated heterocycles. The lowest BCUT2D eigenvalue weighted by molar-refractivity contribution is -0.385. The third kappa shape index (κ3) is 4.63. The standard InChI is InChI=1S/C19H17N5O5S/c1-29-14-8-6-13(7-9-14)23-17(25)10-16(18(23)26)30-19(20)22-21-11-12-4-2-3-5-15(12)24(27)28/h2-9,11,16H,10H2,1H3,(H2,20,22)/b21-11-. The third-order valence-corrected chi connectivity index (χ3v) is 5.16. The smallest absolute Gasteiger partial charge is 0.278 e. The fourth-order valence-electron chi connectivity index (χ4n) is 2.78. The largest absolute Gasteiger partial charge is 0.497 e. The minimum absolute atomic E-state index is 0.0282. The normalized spacial score (nSPS) is 17.0. The molecule has 1 heterocycles. The van der Waals surface area contributed by atoms with Gasteiger partial charge < -0.3 is 10.5 Å². The number of thioether (sulfide) groups is 1. The minimum atomic E-state index is -0.732. The first kappa shape index (κ1) is 21.0. The number of rotatable bonds is 6. The first-order valence-corrected chi connectivity index (χ1v) is 9.56. The molecule has 0 radical (unpaired) electrons. The van der Waals surface area contributed by atoms with Crippen LogP contribution in [0.3, 0.4) is 0 Å². The van der Waals surface area contributed by atoms with E-state index in [4.69, 9.17) is 10.5 Å². The molecule has 0 spiro atoms. The van der Waals surface area contributed by atoms with Gasteiger partial charge in [0, 0.05) is 12.5 Å². The lowest BCUT2D eigenvalue weighted by atomic mass is 10.2. The van der Waals surface area contributed by atoms with Crippen LogP contribution < -0.4 is 15.4 Å². The van der Waals surface area contributed by atoms with Gasteiger partial charge in [-0.3, -0.25) is 19.7 Å². The van der Waals surface area contributed by atoms with Crippen molar-refractivity contribution < 1.29 is 19.2 Å². The number of carbonyl (C=O) groups is 2. The van der Waals surface area contributed by atoms with Gasteiger partial charge in [-0.25, -0.2) is 4.90 Å². The van der Waals surface area contributed by atoms with Gasteiger partial charge in [-0.05, 0) is 30.3 Å². The number of amidine groups is 1. The van der Waals surface area contributed by atoms with Gasteiger partial charge in [0.2, 0.25) is 11.8 Å². The summed E-state index contributed by atoms with van der Waals surface area (Å²) in [7, 11) is 1.52. The number of methoxy groups -OCH3 is 1. The second-order valence-corrected chi connectivity index (χ2v) is 7.30. The van der Waals surface area contributed by atoms with E-state index >= 15 is 0 Å². The summed E-state index contributed by atoms with van der Waals surface area (Å²) in [6, 6.07) is 12.6. The molecule has 1 atom stereocenters. The fraction of sp³-hybridized carbons (Fsp3) is 0.158. The maximum absolute atomic E-state index is 12.7. The Morgan fingerprint density at radius 3 is 2.63 bits per heavy atom. The van der Waals surface area contributed by atoms with Gasteiger partial charge >= 0.3 is 0 Å². The molecule has 1 fully saturated rings. The highest BCUT2D eigenvalue weighted by Gasteiger charge is 2.40. The van der Waals surface area contributed by atoms with Crippen molar-refractivity contribution in [3.05, 3.63) is 64.2 Å². The van der Waals surface area contributed by atoms with E-state index in [0.29, 0.717) is 11.4 Å². The highest BCUT2D eigenvalue weighted by atomic mass is 32.2. The summed E-state index contributed by atoms with van der Waals surface area (Å²) < 4.78 is 5.07. The number of nitro groups is 1. The van der Waals surface area contributed by atoms with Gasteiger partial charge in [0.25, 0.3) is 5.69 Å². The van der Waals surface area contributed by atoms with Crippen molar-refractivity contribution in [1.29, 1.82) is 0 Å². The number of imide groups is 1. The van der Waals surface area contributed by atoms with Crippen molar-refractivity contribution in [1.82, 2.24) is 0 Å². The summed E-state index contributed by atoms with van der Waals surface area (Å²) in [6.45, 7) is 0. The van der Waals surface area contributed by atoms with Crippen LogP contribution in [0.15, 0.2) is 58.7 Å². The molecule has 1 aliphatic rings. The molecule has 10 nitrogen and oxygen atoms in total. The lowest BCUT2D eigenvalue weighted by Crippen LogP contribution is -2.31. The Morgan fingerprint density at radius 2 is 1.97 bits per heavy atom. The quantitative estimate of drug-likeness (QED) is 0.245. The SMILES string of the molecule is COc1ccc(N2C(=O)CC(S/C(N)=N/N=C\c3ccccc3[N+](=O)[O-])C2=O)cc1. The van der Waals surface area contributed by atoms with E-state index in [9.17, 15) is 19.7 Å². The van der Waals surface area contributed by atoms with Crippen LogP contribution in [0.25, 0.3) is 0 Å². The Balaban J connectivity index is 1.68. The first-order valence-electron chi connectivity index (χ1n) is 8.68. The second-order valence-electron chi connectivity index (χ2n) is 6.07. The molecule has 3 rings (SSSR count). The van der Waals surface area contributed by atoms with E-state index in [2.05, 4.69) is 10.2 Å². The summed E-state index contributed by atoms with van der Waals surface area (Å²) in [5, 5.41) is 17.8. The average molecular weight is 427 g/mol. The van der Waals surface area contributed by atoms with Crippen molar-refractivity contribution >= 4 is 46.3 Å². The number of nitrogens with zero attached hydrogens (tertiary/aromatic N) is 4. The van der Waals surface area contributed by atoms with Crippen LogP contribution in [0.1, 0.15) is 12.0 Å². The van der Waals surface area contributed by atoms with E-state index in [1.165, 1.54) is 25.5 Å². The van der Waals surface area contributed by atoms with Crippen LogP contribution >= 0.6 is 11.8 Å². The number of hydrogen-bond donors (Lipinski definition) is 1. The summed E-state index contributed by atoms with van der Waals surface area (Å²) >= 11 is 0.914.